The van der Waals surface area contributed by atoms with Crippen LogP contribution in [0.5, 0.6) is 11.5 Å². The molecule has 14 rings (SSSR count). The van der Waals surface area contributed by atoms with E-state index >= 15 is 0 Å². The Balaban J connectivity index is 1.00. The number of hydrogen-bond donors (Lipinski definition) is 0. The summed E-state index contributed by atoms with van der Waals surface area (Å²) in [5.41, 5.74) is 13.4. The Labute approximate surface area is 362 Å². The molecule has 63 heavy (non-hydrogen) atoms. The topological polar surface area (TPSA) is 44.9 Å². The van der Waals surface area contributed by atoms with Gasteiger partial charge in [-0.1, -0.05) is 133 Å². The molecule has 2 aliphatic rings. The molecule has 0 unspecified atom stereocenters. The smallest absolute Gasteiger partial charge is 0.235 e. The fourth-order valence-electron chi connectivity index (χ4n) is 10.6. The van der Waals surface area contributed by atoms with Gasteiger partial charge in [-0.25, -0.2) is 9.97 Å². The zero-order chi connectivity index (χ0) is 41.2. The molecular formula is C58H36N4O. The van der Waals surface area contributed by atoms with Crippen LogP contribution in [0.1, 0.15) is 18.4 Å². The molecule has 1 aliphatic heterocycles. The van der Waals surface area contributed by atoms with E-state index in [0.29, 0.717) is 5.95 Å². The van der Waals surface area contributed by atoms with Gasteiger partial charge in [0.15, 0.2) is 0 Å². The number of allylic oxidation sites excluding steroid dienone is 4. The van der Waals surface area contributed by atoms with Crippen LogP contribution in [0.4, 0.5) is 0 Å². The van der Waals surface area contributed by atoms with Crippen molar-refractivity contribution in [3.63, 3.8) is 0 Å². The first-order valence-electron chi connectivity index (χ1n) is 21.7. The van der Waals surface area contributed by atoms with Crippen LogP contribution in [0.2, 0.25) is 0 Å². The average Bonchev–Trinajstić information content (AvgIpc) is 3.86. The summed E-state index contributed by atoms with van der Waals surface area (Å²) in [5, 5.41) is 10.7. The highest BCUT2D eigenvalue weighted by atomic mass is 16.5. The van der Waals surface area contributed by atoms with Gasteiger partial charge < -0.3 is 9.30 Å². The first-order chi connectivity index (χ1) is 31.2. The number of benzene rings is 9. The fraction of sp³-hybridized carbons (Fsp3) is 0.0345. The lowest BCUT2D eigenvalue weighted by Gasteiger charge is -2.21. The van der Waals surface area contributed by atoms with Crippen molar-refractivity contribution in [1.82, 2.24) is 19.1 Å². The van der Waals surface area contributed by atoms with Crippen molar-refractivity contribution >= 4 is 81.6 Å². The predicted molar refractivity (Wildman–Crippen MR) is 261 cm³/mol. The van der Waals surface area contributed by atoms with Crippen LogP contribution in [-0.2, 0) is 0 Å². The van der Waals surface area contributed by atoms with E-state index in [2.05, 4.69) is 173 Å². The molecule has 0 atom stereocenters. The zero-order valence-corrected chi connectivity index (χ0v) is 34.1. The van der Waals surface area contributed by atoms with Crippen LogP contribution in [-0.4, -0.2) is 19.1 Å². The summed E-state index contributed by atoms with van der Waals surface area (Å²) in [6.45, 7) is 0. The second kappa shape index (κ2) is 13.1. The number of ether oxygens (including phenoxy) is 1. The minimum atomic E-state index is 0.634. The van der Waals surface area contributed by atoms with E-state index < -0.39 is 0 Å². The number of hydrogen-bond acceptors (Lipinski definition) is 3. The summed E-state index contributed by atoms with van der Waals surface area (Å²) < 4.78 is 11.1. The molecule has 3 aromatic heterocycles. The molecule has 0 radical (unpaired) electrons. The summed E-state index contributed by atoms with van der Waals surface area (Å²) in [6.07, 6.45) is 8.87. The van der Waals surface area contributed by atoms with Crippen molar-refractivity contribution in [3.8, 4) is 45.5 Å². The maximum atomic E-state index is 6.35. The molecule has 0 saturated heterocycles. The van der Waals surface area contributed by atoms with Gasteiger partial charge in [0.25, 0.3) is 0 Å². The van der Waals surface area contributed by atoms with Gasteiger partial charge in [0.05, 0.1) is 44.4 Å². The lowest BCUT2D eigenvalue weighted by atomic mass is 9.92. The Morgan fingerprint density at radius 3 is 2.13 bits per heavy atom. The average molecular weight is 805 g/mol. The molecule has 0 spiro atoms. The molecular weight excluding hydrogens is 769 g/mol. The van der Waals surface area contributed by atoms with Gasteiger partial charge in [-0.2, -0.15) is 0 Å². The number of fused-ring (bicyclic) bond motifs is 11. The van der Waals surface area contributed by atoms with Gasteiger partial charge in [0.1, 0.15) is 11.5 Å². The molecule has 0 fully saturated rings. The van der Waals surface area contributed by atoms with Crippen LogP contribution in [0, 0.1) is 0 Å². The largest absolute Gasteiger partial charge is 0.456 e. The number of para-hydroxylation sites is 2. The molecule has 0 saturated carbocycles. The molecule has 4 heterocycles. The van der Waals surface area contributed by atoms with Gasteiger partial charge in [-0.05, 0) is 112 Å². The molecule has 294 valence electrons. The fourth-order valence-corrected chi connectivity index (χ4v) is 10.6. The highest BCUT2D eigenvalue weighted by Gasteiger charge is 2.25. The van der Waals surface area contributed by atoms with Crippen molar-refractivity contribution < 1.29 is 4.74 Å². The maximum absolute atomic E-state index is 6.35. The lowest BCUT2D eigenvalue weighted by molar-refractivity contribution is 0.486. The van der Waals surface area contributed by atoms with Crippen LogP contribution >= 0.6 is 0 Å². The van der Waals surface area contributed by atoms with Crippen LogP contribution in [0.3, 0.4) is 0 Å². The summed E-state index contributed by atoms with van der Waals surface area (Å²) >= 11 is 0. The first kappa shape index (κ1) is 34.4. The third-order valence-corrected chi connectivity index (χ3v) is 13.4. The summed E-state index contributed by atoms with van der Waals surface area (Å²) in [6, 6.07) is 63.6. The van der Waals surface area contributed by atoms with Crippen molar-refractivity contribution in [2.24, 2.45) is 0 Å². The van der Waals surface area contributed by atoms with E-state index in [0.717, 1.165) is 79.4 Å². The Kier molecular flexibility index (Phi) is 7.17. The maximum Gasteiger partial charge on any atom is 0.235 e. The van der Waals surface area contributed by atoms with Gasteiger partial charge in [0, 0.05) is 32.5 Å². The van der Waals surface area contributed by atoms with Gasteiger partial charge in [-0.15, -0.1) is 0 Å². The standard InChI is InChI=1S/C58H36N4O/c1-2-13-35(14-3-1)39-29-32-49(42-18-7-6-17-41(39)42)61-50-30-27-37(33-46(50)55-40-16-5-4-15-36(40)26-31-51(55)61)38-25-28-44-43-19-8-10-22-48(43)62(52(44)34-38)58-59-47-21-12-24-54-56(47)57(60-58)45-20-9-11-23-53(45)63-54/h1-2,4-13,15-34H,3,14H2. The van der Waals surface area contributed by atoms with Gasteiger partial charge in [-0.3, -0.25) is 4.57 Å². The van der Waals surface area contributed by atoms with E-state index in [4.69, 9.17) is 14.7 Å². The Morgan fingerprint density at radius 1 is 0.460 bits per heavy atom. The zero-order valence-electron chi connectivity index (χ0n) is 34.1. The third kappa shape index (κ3) is 4.99. The molecule has 1 aliphatic carbocycles. The van der Waals surface area contributed by atoms with Crippen molar-refractivity contribution in [1.29, 1.82) is 0 Å². The van der Waals surface area contributed by atoms with E-state index in [1.54, 1.807) is 0 Å². The molecule has 0 N–H and O–H groups in total. The first-order valence-corrected chi connectivity index (χ1v) is 21.7. The number of rotatable bonds is 4. The monoisotopic (exact) mass is 804 g/mol. The molecule has 12 aromatic rings. The van der Waals surface area contributed by atoms with Crippen LogP contribution < -0.4 is 4.74 Å². The van der Waals surface area contributed by atoms with Crippen LogP contribution in [0.25, 0.3) is 116 Å². The van der Waals surface area contributed by atoms with Crippen molar-refractivity contribution in [3.05, 3.63) is 200 Å². The van der Waals surface area contributed by atoms with E-state index in [1.807, 2.05) is 30.3 Å². The third-order valence-electron chi connectivity index (χ3n) is 13.4. The van der Waals surface area contributed by atoms with Gasteiger partial charge in [0.2, 0.25) is 5.95 Å². The summed E-state index contributed by atoms with van der Waals surface area (Å²) in [7, 11) is 0. The normalized spacial score (nSPS) is 13.4. The molecule has 5 nitrogen and oxygen atoms in total. The Bertz CT molecular complexity index is 4010. The highest BCUT2D eigenvalue weighted by molar-refractivity contribution is 6.22. The highest BCUT2D eigenvalue weighted by Crippen LogP contribution is 2.46. The van der Waals surface area contributed by atoms with E-state index in [9.17, 15) is 0 Å². The second-order valence-electron chi connectivity index (χ2n) is 16.8. The minimum Gasteiger partial charge on any atom is -0.456 e. The predicted octanol–water partition coefficient (Wildman–Crippen LogP) is 15.3. The molecule has 5 heteroatoms. The van der Waals surface area contributed by atoms with E-state index in [-0.39, 0.29) is 0 Å². The Morgan fingerprint density at radius 2 is 1.21 bits per heavy atom. The van der Waals surface area contributed by atoms with Crippen molar-refractivity contribution in [2.45, 2.75) is 12.8 Å². The summed E-state index contributed by atoms with van der Waals surface area (Å²) in [4.78, 5) is 10.6. The van der Waals surface area contributed by atoms with E-state index in [1.165, 1.54) is 60.2 Å². The number of aromatic nitrogens is 4. The minimum absolute atomic E-state index is 0.634. The number of nitrogens with zero attached hydrogens (tertiary/aromatic N) is 4. The SMILES string of the molecule is C1=CCCC(c2ccc(-n3c4ccc(-c5ccc6c7ccccc7n(-c7nc8c9c(cccc9n7)Oc7ccccc7-8)c6c5)cc4c4c5ccccc5ccc43)c3ccccc23)=C1. The molecule has 0 bridgehead atoms. The lowest BCUT2D eigenvalue weighted by Crippen LogP contribution is -2.06. The Hall–Kier alpha value is -8.28. The summed E-state index contributed by atoms with van der Waals surface area (Å²) in [5.74, 6) is 2.21. The molecule has 0 amide bonds. The molecule has 9 aromatic carbocycles. The van der Waals surface area contributed by atoms with Crippen LogP contribution in [0.15, 0.2) is 194 Å². The quantitative estimate of drug-likeness (QED) is 0.178. The van der Waals surface area contributed by atoms with Crippen molar-refractivity contribution in [2.75, 3.05) is 0 Å². The second-order valence-corrected chi connectivity index (χ2v) is 16.8. The van der Waals surface area contributed by atoms with Gasteiger partial charge >= 0.3 is 0 Å².